The lowest BCUT2D eigenvalue weighted by Crippen LogP contribution is -2.58. The first-order valence-corrected chi connectivity index (χ1v) is 12.6. The third kappa shape index (κ3) is 6.52. The third-order valence-corrected chi connectivity index (χ3v) is 7.86. The number of carbonyl (C=O) groups excluding carboxylic acids is 1. The maximum Gasteiger partial charge on any atom is 0.409 e. The molecule has 0 radical (unpaired) electrons. The number of nitrogens with zero attached hydrogens (tertiary/aromatic N) is 2. The first kappa shape index (κ1) is 27.4. The summed E-state index contributed by atoms with van der Waals surface area (Å²) < 4.78 is 61.9. The van der Waals surface area contributed by atoms with Gasteiger partial charge in [0.05, 0.1) is 6.61 Å². The molecule has 0 spiro atoms. The topological polar surface area (TPSA) is 54.5 Å². The van der Waals surface area contributed by atoms with Crippen LogP contribution in [0.15, 0.2) is 30.5 Å². The van der Waals surface area contributed by atoms with Crippen molar-refractivity contribution < 1.29 is 27.1 Å². The Bertz CT molecular complexity index is 993. The molecule has 3 heterocycles. The van der Waals surface area contributed by atoms with Gasteiger partial charge in [0.2, 0.25) is 0 Å². The second kappa shape index (κ2) is 10.8. The lowest BCUT2D eigenvalue weighted by molar-refractivity contribution is -0.182. The molecule has 0 aromatic carbocycles. The summed E-state index contributed by atoms with van der Waals surface area (Å²) in [6.45, 7) is 8.15. The number of amides is 1. The lowest BCUT2D eigenvalue weighted by Gasteiger charge is -2.42. The molecule has 2 atom stereocenters. The van der Waals surface area contributed by atoms with Crippen molar-refractivity contribution in [2.45, 2.75) is 71.1 Å². The largest absolute Gasteiger partial charge is 0.450 e. The van der Waals surface area contributed by atoms with Crippen molar-refractivity contribution in [3.8, 4) is 0 Å². The van der Waals surface area contributed by atoms with E-state index in [2.05, 4.69) is 10.3 Å². The molecular weight excluding hydrogens is 482 g/mol. The van der Waals surface area contributed by atoms with Crippen LogP contribution in [0.4, 0.5) is 22.4 Å². The third-order valence-electron chi connectivity index (χ3n) is 6.93. The van der Waals surface area contributed by atoms with Gasteiger partial charge in [-0.25, -0.2) is 4.79 Å². The monoisotopic (exact) mass is 515 g/mol. The predicted molar refractivity (Wildman–Crippen MR) is 128 cm³/mol. The van der Waals surface area contributed by atoms with Crippen molar-refractivity contribution >= 4 is 17.4 Å². The molecule has 2 aromatic rings. The highest BCUT2D eigenvalue weighted by Gasteiger charge is 2.58. The fourth-order valence-electron chi connectivity index (χ4n) is 4.76. The molecule has 35 heavy (non-hydrogen) atoms. The maximum absolute atomic E-state index is 14.5. The van der Waals surface area contributed by atoms with Crippen LogP contribution in [0.5, 0.6) is 0 Å². The highest BCUT2D eigenvalue weighted by molar-refractivity contribution is 7.10. The second-order valence-corrected chi connectivity index (χ2v) is 10.9. The molecule has 1 fully saturated rings. The van der Waals surface area contributed by atoms with E-state index >= 15 is 0 Å². The fraction of sp³-hybridized carbons (Fsp3) is 0.600. The van der Waals surface area contributed by atoms with Crippen LogP contribution in [0.2, 0.25) is 0 Å². The van der Waals surface area contributed by atoms with E-state index in [1.165, 1.54) is 6.07 Å². The Hall–Kier alpha value is -2.20. The number of pyridine rings is 1. The van der Waals surface area contributed by atoms with E-state index in [4.69, 9.17) is 4.74 Å². The van der Waals surface area contributed by atoms with E-state index in [0.717, 1.165) is 22.6 Å². The van der Waals surface area contributed by atoms with Crippen molar-refractivity contribution in [1.82, 2.24) is 15.2 Å². The average molecular weight is 516 g/mol. The maximum atomic E-state index is 14.5. The summed E-state index contributed by atoms with van der Waals surface area (Å²) in [7, 11) is 0. The highest BCUT2D eigenvalue weighted by atomic mass is 32.1. The molecule has 2 aromatic heterocycles. The van der Waals surface area contributed by atoms with Crippen LogP contribution in [-0.2, 0) is 16.7 Å². The van der Waals surface area contributed by atoms with Gasteiger partial charge in [0.15, 0.2) is 5.13 Å². The number of aryl methyl sites for hydroxylation is 2. The number of carbonyl (C=O) groups is 1. The second-order valence-electron chi connectivity index (χ2n) is 9.74. The Labute approximate surface area is 207 Å². The minimum atomic E-state index is -4.68. The van der Waals surface area contributed by atoms with Gasteiger partial charge in [0.1, 0.15) is 6.04 Å². The van der Waals surface area contributed by atoms with Crippen molar-refractivity contribution in [2.75, 3.05) is 19.7 Å². The molecule has 1 aliphatic rings. The standard InChI is InChI=1S/C25H33F4N3O2S/c1-5-14-34-22(33)31-21(25(27,28)29)24(11-10-19-8-9-20(26)35-19)12-13-32(16-24)23(3,4)18-7-6-17(2)30-15-18/h6-9,15,21H,5,10-14,16H2,1-4H3,(H,31,33)/t21-,24?/m0/s1. The smallest absolute Gasteiger partial charge is 0.409 e. The Kier molecular flexibility index (Phi) is 8.47. The Morgan fingerprint density at radius 2 is 2.03 bits per heavy atom. The molecule has 1 amide bonds. The Morgan fingerprint density at radius 3 is 2.60 bits per heavy atom. The van der Waals surface area contributed by atoms with Gasteiger partial charge < -0.3 is 10.1 Å². The number of alkyl halides is 3. The summed E-state index contributed by atoms with van der Waals surface area (Å²) in [4.78, 5) is 19.3. The summed E-state index contributed by atoms with van der Waals surface area (Å²) in [5.74, 6) is 0. The molecule has 0 aliphatic carbocycles. The molecular formula is C25H33F4N3O2S. The van der Waals surface area contributed by atoms with E-state index in [1.54, 1.807) is 19.2 Å². The molecule has 0 saturated carbocycles. The minimum absolute atomic E-state index is 0.0391. The normalized spacial score (nSPS) is 20.1. The van der Waals surface area contributed by atoms with Crippen LogP contribution in [-0.4, -0.2) is 47.9 Å². The van der Waals surface area contributed by atoms with Gasteiger partial charge in [0, 0.05) is 34.3 Å². The van der Waals surface area contributed by atoms with E-state index in [9.17, 15) is 22.4 Å². The van der Waals surface area contributed by atoms with Crippen LogP contribution in [0, 0.1) is 17.5 Å². The lowest BCUT2D eigenvalue weighted by atomic mass is 9.74. The van der Waals surface area contributed by atoms with Crippen molar-refractivity contribution in [3.05, 3.63) is 51.7 Å². The fourth-order valence-corrected chi connectivity index (χ4v) is 5.49. The summed E-state index contributed by atoms with van der Waals surface area (Å²) in [6.07, 6.45) is -2.84. The van der Waals surface area contributed by atoms with Crippen LogP contribution in [0.1, 0.15) is 56.2 Å². The molecule has 1 unspecified atom stereocenters. The van der Waals surface area contributed by atoms with Crippen LogP contribution >= 0.6 is 11.3 Å². The number of thiophene rings is 1. The zero-order chi connectivity index (χ0) is 25.9. The summed E-state index contributed by atoms with van der Waals surface area (Å²) in [5.41, 5.74) is -0.121. The molecule has 0 bridgehead atoms. The molecule has 5 nitrogen and oxygen atoms in total. The first-order chi connectivity index (χ1) is 16.4. The number of rotatable bonds is 9. The van der Waals surface area contributed by atoms with Crippen molar-refractivity contribution in [1.29, 1.82) is 0 Å². The number of hydrogen-bond acceptors (Lipinski definition) is 5. The minimum Gasteiger partial charge on any atom is -0.450 e. The van der Waals surface area contributed by atoms with Crippen LogP contribution in [0.25, 0.3) is 0 Å². The van der Waals surface area contributed by atoms with Gasteiger partial charge in [0.25, 0.3) is 0 Å². The van der Waals surface area contributed by atoms with Gasteiger partial charge in [-0.2, -0.15) is 17.6 Å². The van der Waals surface area contributed by atoms with E-state index in [-0.39, 0.29) is 37.5 Å². The van der Waals surface area contributed by atoms with Crippen LogP contribution in [0.3, 0.4) is 0 Å². The highest BCUT2D eigenvalue weighted by Crippen LogP contribution is 2.48. The van der Waals surface area contributed by atoms with Gasteiger partial charge in [-0.3, -0.25) is 9.88 Å². The molecule has 1 saturated heterocycles. The van der Waals surface area contributed by atoms with E-state index in [0.29, 0.717) is 17.8 Å². The summed E-state index contributed by atoms with van der Waals surface area (Å²) >= 11 is 0.937. The number of likely N-dealkylation sites (tertiary alicyclic amines) is 1. The number of alkyl carbamates (subject to hydrolysis) is 1. The number of ether oxygens (including phenoxy) is 1. The number of nitrogens with one attached hydrogen (secondary N) is 1. The Balaban J connectivity index is 1.92. The summed E-state index contributed by atoms with van der Waals surface area (Å²) in [5, 5.41) is 1.77. The number of hydrogen-bond donors (Lipinski definition) is 1. The Morgan fingerprint density at radius 1 is 1.29 bits per heavy atom. The van der Waals surface area contributed by atoms with Gasteiger partial charge >= 0.3 is 12.3 Å². The molecule has 194 valence electrons. The molecule has 1 N–H and O–H groups in total. The SMILES string of the molecule is CCCOC(=O)N[C@H](C(F)(F)F)C1(CCc2ccc(F)s2)CCN(C(C)(C)c2ccc(C)nc2)C1. The molecule has 3 rings (SSSR count). The van der Waals surface area contributed by atoms with Gasteiger partial charge in [-0.1, -0.05) is 13.0 Å². The molecule has 10 heteroatoms. The average Bonchev–Trinajstić information content (AvgIpc) is 3.41. The zero-order valence-electron chi connectivity index (χ0n) is 20.5. The van der Waals surface area contributed by atoms with E-state index in [1.807, 2.05) is 37.8 Å². The summed E-state index contributed by atoms with van der Waals surface area (Å²) in [6, 6.07) is 4.66. The first-order valence-electron chi connectivity index (χ1n) is 11.8. The van der Waals surface area contributed by atoms with Crippen molar-refractivity contribution in [2.24, 2.45) is 5.41 Å². The number of halogens is 4. The van der Waals surface area contributed by atoms with Crippen LogP contribution < -0.4 is 5.32 Å². The zero-order valence-corrected chi connectivity index (χ0v) is 21.4. The molecule has 1 aliphatic heterocycles. The van der Waals surface area contributed by atoms with Gasteiger partial charge in [-0.05, 0) is 76.8 Å². The quantitative estimate of drug-likeness (QED) is 0.403. The van der Waals surface area contributed by atoms with E-state index < -0.39 is 29.3 Å². The van der Waals surface area contributed by atoms with Crippen molar-refractivity contribution in [3.63, 3.8) is 0 Å². The predicted octanol–water partition coefficient (Wildman–Crippen LogP) is 6.22. The number of aromatic nitrogens is 1. The van der Waals surface area contributed by atoms with Gasteiger partial charge in [-0.15, -0.1) is 11.3 Å².